The van der Waals surface area contributed by atoms with Crippen LogP contribution in [0.3, 0.4) is 0 Å². The molecule has 3 heterocycles. The third kappa shape index (κ3) is 5.55. The van der Waals surface area contributed by atoms with Crippen LogP contribution >= 0.6 is 11.6 Å². The molecule has 4 aromatic rings. The van der Waals surface area contributed by atoms with Gasteiger partial charge in [-0.2, -0.15) is 5.10 Å². The highest BCUT2D eigenvalue weighted by Crippen LogP contribution is 2.26. The van der Waals surface area contributed by atoms with E-state index >= 15 is 0 Å². The number of amides is 1. The first kappa shape index (κ1) is 24.0. The molecule has 0 radical (unpaired) electrons. The number of nitrogens with one attached hydrogen (secondary N) is 2. The normalized spacial score (nSPS) is 15.0. The van der Waals surface area contributed by atoms with Crippen LogP contribution in [0.4, 0.5) is 15.1 Å². The number of fused-ring (bicyclic) bond motifs is 1. The predicted molar refractivity (Wildman–Crippen MR) is 133 cm³/mol. The van der Waals surface area contributed by atoms with E-state index in [0.29, 0.717) is 41.7 Å². The van der Waals surface area contributed by atoms with E-state index in [1.807, 2.05) is 0 Å². The minimum Gasteiger partial charge on any atom is -0.410 e. The molecular weight excluding hydrogens is 487 g/mol. The van der Waals surface area contributed by atoms with Gasteiger partial charge in [-0.1, -0.05) is 17.7 Å². The number of aryl methyl sites for hydroxylation is 1. The summed E-state index contributed by atoms with van der Waals surface area (Å²) in [4.78, 5) is 21.8. The van der Waals surface area contributed by atoms with Crippen molar-refractivity contribution < 1.29 is 18.7 Å². The Bertz CT molecular complexity index is 1390. The van der Waals surface area contributed by atoms with Crippen molar-refractivity contribution in [3.05, 3.63) is 77.0 Å². The Balaban J connectivity index is 1.33. The second-order valence-electron chi connectivity index (χ2n) is 8.50. The van der Waals surface area contributed by atoms with Gasteiger partial charge in [-0.3, -0.25) is 4.68 Å². The highest BCUT2D eigenvalue weighted by Gasteiger charge is 2.22. The molecule has 1 amide bonds. The summed E-state index contributed by atoms with van der Waals surface area (Å²) in [6.07, 6.45) is 4.51. The predicted octanol–water partition coefficient (Wildman–Crippen LogP) is 4.62. The third-order valence-electron chi connectivity index (χ3n) is 5.89. The lowest BCUT2D eigenvalue weighted by atomic mass is 10.0. The van der Waals surface area contributed by atoms with Gasteiger partial charge in [0.05, 0.1) is 16.2 Å². The average Bonchev–Trinajstić information content (AvgIpc) is 3.30. The van der Waals surface area contributed by atoms with Crippen LogP contribution in [0.2, 0.25) is 5.02 Å². The molecule has 9 nitrogen and oxygen atoms in total. The van der Waals surface area contributed by atoms with Crippen LogP contribution in [-0.4, -0.2) is 45.1 Å². The van der Waals surface area contributed by atoms with Gasteiger partial charge in [0.15, 0.2) is 0 Å². The van der Waals surface area contributed by atoms with Crippen molar-refractivity contribution in [2.45, 2.75) is 24.9 Å². The molecule has 0 aliphatic carbocycles. The molecule has 2 aromatic heterocycles. The van der Waals surface area contributed by atoms with Crippen LogP contribution in [0.1, 0.15) is 30.1 Å². The lowest BCUT2D eigenvalue weighted by Crippen LogP contribution is -2.32. The van der Waals surface area contributed by atoms with Crippen molar-refractivity contribution in [2.75, 3.05) is 18.5 Å². The number of ether oxygens (including phenoxy) is 2. The van der Waals surface area contributed by atoms with Gasteiger partial charge in [0.25, 0.3) is 0 Å². The first-order chi connectivity index (χ1) is 17.4. The number of halogens is 2. The fourth-order valence-electron chi connectivity index (χ4n) is 4.02. The van der Waals surface area contributed by atoms with Crippen LogP contribution in [0.15, 0.2) is 54.9 Å². The molecule has 36 heavy (non-hydrogen) atoms. The summed E-state index contributed by atoms with van der Waals surface area (Å²) < 4.78 is 26.7. The minimum absolute atomic E-state index is 0.00932. The van der Waals surface area contributed by atoms with Crippen LogP contribution in [0.25, 0.3) is 10.9 Å². The molecule has 0 bridgehead atoms. The van der Waals surface area contributed by atoms with Gasteiger partial charge >= 0.3 is 6.09 Å². The molecule has 0 unspecified atom stereocenters. The quantitative estimate of drug-likeness (QED) is 0.390. The molecular formula is C25H24ClFN6O3. The fourth-order valence-corrected chi connectivity index (χ4v) is 4.14. The minimum atomic E-state index is -0.747. The van der Waals surface area contributed by atoms with Crippen LogP contribution < -0.4 is 15.4 Å². The number of hydrogen-bond acceptors (Lipinski definition) is 7. The summed E-state index contributed by atoms with van der Waals surface area (Å²) in [7, 11) is 1.75. The highest BCUT2D eigenvalue weighted by atomic mass is 35.5. The highest BCUT2D eigenvalue weighted by molar-refractivity contribution is 6.30. The SMILES string of the molecule is Cn1ccc([C@@H](NC(=O)Oc2ccc3cnc(NC4CCOCC4)nc3c2)c2ccc(Cl)c(F)c2)n1. The van der Waals surface area contributed by atoms with E-state index < -0.39 is 18.0 Å². The van der Waals surface area contributed by atoms with E-state index in [-0.39, 0.29) is 11.1 Å². The molecule has 1 aliphatic heterocycles. The molecule has 0 spiro atoms. The lowest BCUT2D eigenvalue weighted by molar-refractivity contribution is 0.0903. The monoisotopic (exact) mass is 510 g/mol. The van der Waals surface area contributed by atoms with E-state index in [0.717, 1.165) is 18.2 Å². The Kier molecular flexibility index (Phi) is 6.97. The molecule has 0 saturated carbocycles. The number of benzene rings is 2. The van der Waals surface area contributed by atoms with E-state index in [1.165, 1.54) is 12.1 Å². The first-order valence-corrected chi connectivity index (χ1v) is 11.9. The Hall–Kier alpha value is -3.76. The maximum atomic E-state index is 14.1. The summed E-state index contributed by atoms with van der Waals surface area (Å²) in [6, 6.07) is 10.7. The molecule has 2 N–H and O–H groups in total. The Morgan fingerprint density at radius 2 is 2.06 bits per heavy atom. The van der Waals surface area contributed by atoms with Gasteiger partial charge in [0, 0.05) is 50.1 Å². The van der Waals surface area contributed by atoms with Gasteiger partial charge in [-0.05, 0) is 48.7 Å². The summed E-state index contributed by atoms with van der Waals surface area (Å²) in [5.74, 6) is 0.221. The second kappa shape index (κ2) is 10.5. The maximum absolute atomic E-state index is 14.1. The molecule has 1 aliphatic rings. The van der Waals surface area contributed by atoms with E-state index in [9.17, 15) is 9.18 Å². The van der Waals surface area contributed by atoms with Gasteiger partial charge in [0.1, 0.15) is 17.6 Å². The Labute approximate surface area is 211 Å². The fraction of sp³-hybridized carbons (Fsp3) is 0.280. The summed E-state index contributed by atoms with van der Waals surface area (Å²) in [5, 5.41) is 11.3. The topological polar surface area (TPSA) is 103 Å². The van der Waals surface area contributed by atoms with E-state index in [4.69, 9.17) is 21.1 Å². The smallest absolute Gasteiger partial charge is 0.410 e. The van der Waals surface area contributed by atoms with Crippen molar-refractivity contribution in [2.24, 2.45) is 7.05 Å². The van der Waals surface area contributed by atoms with Crippen molar-refractivity contribution in [3.63, 3.8) is 0 Å². The van der Waals surface area contributed by atoms with E-state index in [1.54, 1.807) is 54.5 Å². The summed E-state index contributed by atoms with van der Waals surface area (Å²) in [6.45, 7) is 1.42. The number of hydrogen-bond donors (Lipinski definition) is 2. The molecule has 11 heteroatoms. The Morgan fingerprint density at radius 3 is 2.81 bits per heavy atom. The summed E-state index contributed by atoms with van der Waals surface area (Å²) in [5.41, 5.74) is 1.62. The number of nitrogens with zero attached hydrogens (tertiary/aromatic N) is 4. The summed E-state index contributed by atoms with van der Waals surface area (Å²) >= 11 is 5.83. The zero-order valence-corrected chi connectivity index (χ0v) is 20.2. The number of carbonyl (C=O) groups is 1. The third-order valence-corrected chi connectivity index (χ3v) is 6.19. The number of aromatic nitrogens is 4. The second-order valence-corrected chi connectivity index (χ2v) is 8.91. The molecule has 2 aromatic carbocycles. The van der Waals surface area contributed by atoms with Gasteiger partial charge < -0.3 is 20.1 Å². The average molecular weight is 511 g/mol. The lowest BCUT2D eigenvalue weighted by Gasteiger charge is -2.23. The van der Waals surface area contributed by atoms with Crippen molar-refractivity contribution in [1.82, 2.24) is 25.1 Å². The van der Waals surface area contributed by atoms with Crippen molar-refractivity contribution >= 4 is 34.5 Å². The largest absolute Gasteiger partial charge is 0.413 e. The van der Waals surface area contributed by atoms with Crippen LogP contribution in [-0.2, 0) is 11.8 Å². The molecule has 1 fully saturated rings. The number of carbonyl (C=O) groups excluding carboxylic acids is 1. The van der Waals surface area contributed by atoms with Crippen LogP contribution in [0, 0.1) is 5.82 Å². The standard InChI is InChI=1S/C25H24ClFN6O3/c1-33-9-6-21(32-33)23(15-3-5-19(26)20(27)12-15)31-25(34)36-18-4-2-16-14-28-24(30-22(16)13-18)29-17-7-10-35-11-8-17/h2-6,9,12-14,17,23H,7-8,10-11H2,1H3,(H,31,34)(H,28,29,30)/t23-/m0/s1. The zero-order chi connectivity index (χ0) is 25.1. The van der Waals surface area contributed by atoms with E-state index in [2.05, 4.69) is 25.7 Å². The maximum Gasteiger partial charge on any atom is 0.413 e. The molecule has 1 atom stereocenters. The first-order valence-electron chi connectivity index (χ1n) is 11.5. The zero-order valence-electron chi connectivity index (χ0n) is 19.4. The molecule has 186 valence electrons. The molecule has 1 saturated heterocycles. The van der Waals surface area contributed by atoms with Gasteiger partial charge in [-0.25, -0.2) is 19.2 Å². The van der Waals surface area contributed by atoms with Gasteiger partial charge in [-0.15, -0.1) is 0 Å². The number of anilines is 1. The van der Waals surface area contributed by atoms with Crippen LogP contribution in [0.5, 0.6) is 5.75 Å². The van der Waals surface area contributed by atoms with Crippen molar-refractivity contribution in [1.29, 1.82) is 0 Å². The number of rotatable bonds is 6. The molecule has 5 rings (SSSR count). The van der Waals surface area contributed by atoms with Gasteiger partial charge in [0.2, 0.25) is 5.95 Å². The van der Waals surface area contributed by atoms with Crippen molar-refractivity contribution in [3.8, 4) is 5.75 Å². The Morgan fingerprint density at radius 1 is 1.22 bits per heavy atom.